The van der Waals surface area contributed by atoms with Gasteiger partial charge >= 0.3 is 0 Å². The number of hydrogen-bond donors (Lipinski definition) is 1. The minimum Gasteiger partial charge on any atom is -0.267 e. The molecule has 0 saturated carbocycles. The Bertz CT molecular complexity index is 950. The quantitative estimate of drug-likeness (QED) is 0.573. The average Bonchev–Trinajstić information content (AvgIpc) is 2.57. The number of aryl methyl sites for hydroxylation is 2. The van der Waals surface area contributed by atoms with Gasteiger partial charge in [-0.2, -0.15) is 5.10 Å². The molecule has 0 aliphatic rings. The van der Waals surface area contributed by atoms with E-state index in [4.69, 9.17) is 11.6 Å². The monoisotopic (exact) mass is 337 g/mol. The number of pyridine rings is 1. The maximum Gasteiger partial charge on any atom is 0.273 e. The molecule has 1 N–H and O–H groups in total. The van der Waals surface area contributed by atoms with Crippen molar-refractivity contribution in [3.05, 3.63) is 75.9 Å². The van der Waals surface area contributed by atoms with Crippen LogP contribution in [0.3, 0.4) is 0 Å². The van der Waals surface area contributed by atoms with E-state index in [1.807, 2.05) is 56.3 Å². The van der Waals surface area contributed by atoms with Crippen LogP contribution in [0.15, 0.2) is 53.6 Å². The number of benzene rings is 2. The molecule has 3 rings (SSSR count). The third kappa shape index (κ3) is 3.29. The second kappa shape index (κ2) is 6.81. The zero-order valence-electron chi connectivity index (χ0n) is 13.4. The number of hydrazone groups is 1. The Morgan fingerprint density at radius 2 is 1.96 bits per heavy atom. The first-order valence-electron chi connectivity index (χ1n) is 7.51. The standard InChI is InChI=1S/C19H16ClN3O/c1-12-6-5-8-14-10-16(13(2)22-18(12)14)19(24)23-21-11-15-7-3-4-9-17(15)20/h3-11H,1-2H3,(H,23,24)/b21-11+. The molecular weight excluding hydrogens is 322 g/mol. The van der Waals surface area contributed by atoms with Crippen molar-refractivity contribution in [1.29, 1.82) is 0 Å². The summed E-state index contributed by atoms with van der Waals surface area (Å²) in [6.07, 6.45) is 1.52. The average molecular weight is 338 g/mol. The van der Waals surface area contributed by atoms with Crippen molar-refractivity contribution in [2.75, 3.05) is 0 Å². The third-order valence-electron chi connectivity index (χ3n) is 3.76. The van der Waals surface area contributed by atoms with Gasteiger partial charge in [-0.05, 0) is 31.5 Å². The van der Waals surface area contributed by atoms with E-state index < -0.39 is 0 Å². The molecule has 2 aromatic carbocycles. The van der Waals surface area contributed by atoms with E-state index >= 15 is 0 Å². The Morgan fingerprint density at radius 1 is 1.17 bits per heavy atom. The number of rotatable bonds is 3. The van der Waals surface area contributed by atoms with Crippen molar-refractivity contribution in [2.24, 2.45) is 5.10 Å². The molecule has 0 atom stereocenters. The van der Waals surface area contributed by atoms with Crippen LogP contribution in [0.5, 0.6) is 0 Å². The molecule has 0 aliphatic carbocycles. The van der Waals surface area contributed by atoms with E-state index in [1.54, 1.807) is 6.07 Å². The Hall–Kier alpha value is -2.72. The van der Waals surface area contributed by atoms with Gasteiger partial charge in [0.1, 0.15) is 0 Å². The molecule has 5 heteroatoms. The van der Waals surface area contributed by atoms with Crippen molar-refractivity contribution < 1.29 is 4.79 Å². The number of hydrogen-bond acceptors (Lipinski definition) is 3. The van der Waals surface area contributed by atoms with Crippen LogP contribution in [0.2, 0.25) is 5.02 Å². The van der Waals surface area contributed by atoms with Crippen LogP contribution in [0, 0.1) is 13.8 Å². The summed E-state index contributed by atoms with van der Waals surface area (Å²) in [4.78, 5) is 16.9. The van der Waals surface area contributed by atoms with Gasteiger partial charge in [-0.25, -0.2) is 5.43 Å². The van der Waals surface area contributed by atoms with Gasteiger partial charge in [-0.3, -0.25) is 9.78 Å². The van der Waals surface area contributed by atoms with E-state index in [0.717, 1.165) is 22.0 Å². The molecule has 0 radical (unpaired) electrons. The summed E-state index contributed by atoms with van der Waals surface area (Å²) < 4.78 is 0. The van der Waals surface area contributed by atoms with Crippen molar-refractivity contribution in [3.8, 4) is 0 Å². The summed E-state index contributed by atoms with van der Waals surface area (Å²) in [5, 5.41) is 5.49. The SMILES string of the molecule is Cc1nc2c(C)cccc2cc1C(=O)N/N=C/c1ccccc1Cl. The highest BCUT2D eigenvalue weighted by Gasteiger charge is 2.11. The minimum absolute atomic E-state index is 0.299. The summed E-state index contributed by atoms with van der Waals surface area (Å²) >= 11 is 6.05. The first-order chi connectivity index (χ1) is 11.6. The number of fused-ring (bicyclic) bond motifs is 1. The number of aromatic nitrogens is 1. The van der Waals surface area contributed by atoms with Crippen molar-refractivity contribution in [2.45, 2.75) is 13.8 Å². The van der Waals surface area contributed by atoms with Crippen LogP contribution in [-0.4, -0.2) is 17.1 Å². The van der Waals surface area contributed by atoms with Crippen LogP contribution in [0.4, 0.5) is 0 Å². The zero-order valence-corrected chi connectivity index (χ0v) is 14.1. The summed E-state index contributed by atoms with van der Waals surface area (Å²) in [7, 11) is 0. The van der Waals surface area contributed by atoms with Crippen molar-refractivity contribution in [3.63, 3.8) is 0 Å². The first-order valence-corrected chi connectivity index (χ1v) is 7.89. The molecule has 24 heavy (non-hydrogen) atoms. The lowest BCUT2D eigenvalue weighted by Crippen LogP contribution is -2.19. The molecule has 0 unspecified atom stereocenters. The highest BCUT2D eigenvalue weighted by Crippen LogP contribution is 2.19. The summed E-state index contributed by atoms with van der Waals surface area (Å²) in [5.41, 5.74) is 6.43. The molecule has 0 saturated heterocycles. The lowest BCUT2D eigenvalue weighted by atomic mass is 10.1. The normalized spacial score (nSPS) is 11.1. The highest BCUT2D eigenvalue weighted by molar-refractivity contribution is 6.33. The van der Waals surface area contributed by atoms with Crippen LogP contribution < -0.4 is 5.43 Å². The summed E-state index contributed by atoms with van der Waals surface area (Å²) in [6.45, 7) is 3.82. The molecule has 1 heterocycles. The number of amides is 1. The molecule has 0 bridgehead atoms. The zero-order chi connectivity index (χ0) is 17.1. The Balaban J connectivity index is 1.84. The smallest absolute Gasteiger partial charge is 0.267 e. The highest BCUT2D eigenvalue weighted by atomic mass is 35.5. The Labute approximate surface area is 145 Å². The molecular formula is C19H16ClN3O. The Morgan fingerprint density at radius 3 is 2.75 bits per heavy atom. The molecule has 0 fully saturated rings. The number of carbonyl (C=O) groups is 1. The number of halogens is 1. The molecule has 0 aliphatic heterocycles. The van der Waals surface area contributed by atoms with Gasteiger partial charge in [0.05, 0.1) is 23.0 Å². The predicted molar refractivity (Wildman–Crippen MR) is 97.7 cm³/mol. The number of nitrogens with zero attached hydrogens (tertiary/aromatic N) is 2. The van der Waals surface area contributed by atoms with Gasteiger partial charge in [0.2, 0.25) is 0 Å². The lowest BCUT2D eigenvalue weighted by Gasteiger charge is -2.07. The topological polar surface area (TPSA) is 54.4 Å². The van der Waals surface area contributed by atoms with Crippen LogP contribution >= 0.6 is 11.6 Å². The van der Waals surface area contributed by atoms with E-state index in [2.05, 4.69) is 15.5 Å². The maximum absolute atomic E-state index is 12.4. The largest absolute Gasteiger partial charge is 0.273 e. The first kappa shape index (κ1) is 16.1. The van der Waals surface area contributed by atoms with Gasteiger partial charge in [0.15, 0.2) is 0 Å². The van der Waals surface area contributed by atoms with E-state index in [0.29, 0.717) is 16.3 Å². The molecule has 1 aromatic heterocycles. The van der Waals surface area contributed by atoms with E-state index in [9.17, 15) is 4.79 Å². The molecule has 3 aromatic rings. The fourth-order valence-electron chi connectivity index (χ4n) is 2.47. The van der Waals surface area contributed by atoms with Crippen LogP contribution in [0.1, 0.15) is 27.2 Å². The Kier molecular flexibility index (Phi) is 4.58. The fraction of sp³-hybridized carbons (Fsp3) is 0.105. The third-order valence-corrected chi connectivity index (χ3v) is 4.10. The van der Waals surface area contributed by atoms with Gasteiger partial charge in [0, 0.05) is 16.0 Å². The van der Waals surface area contributed by atoms with Crippen LogP contribution in [0.25, 0.3) is 10.9 Å². The van der Waals surface area contributed by atoms with E-state index in [1.165, 1.54) is 6.21 Å². The van der Waals surface area contributed by atoms with Gasteiger partial charge in [0.25, 0.3) is 5.91 Å². The summed E-state index contributed by atoms with van der Waals surface area (Å²) in [6, 6.07) is 15.0. The molecule has 0 spiro atoms. The lowest BCUT2D eigenvalue weighted by molar-refractivity contribution is 0.0954. The second-order valence-electron chi connectivity index (χ2n) is 5.49. The van der Waals surface area contributed by atoms with Crippen LogP contribution in [-0.2, 0) is 0 Å². The number of nitrogens with one attached hydrogen (secondary N) is 1. The number of para-hydroxylation sites is 1. The van der Waals surface area contributed by atoms with Gasteiger partial charge < -0.3 is 0 Å². The minimum atomic E-state index is -0.299. The predicted octanol–water partition coefficient (Wildman–Crippen LogP) is 4.27. The molecule has 4 nitrogen and oxygen atoms in total. The molecule has 120 valence electrons. The van der Waals surface area contributed by atoms with Crippen molar-refractivity contribution in [1.82, 2.24) is 10.4 Å². The van der Waals surface area contributed by atoms with E-state index in [-0.39, 0.29) is 5.91 Å². The maximum atomic E-state index is 12.4. The number of carbonyl (C=O) groups excluding carboxylic acids is 1. The van der Waals surface area contributed by atoms with Crippen molar-refractivity contribution >= 4 is 34.6 Å². The van der Waals surface area contributed by atoms with Gasteiger partial charge in [-0.15, -0.1) is 0 Å². The molecule has 1 amide bonds. The van der Waals surface area contributed by atoms with Gasteiger partial charge in [-0.1, -0.05) is 48.0 Å². The fourth-order valence-corrected chi connectivity index (χ4v) is 2.65. The summed E-state index contributed by atoms with van der Waals surface area (Å²) in [5.74, 6) is -0.299. The second-order valence-corrected chi connectivity index (χ2v) is 5.90.